The molecule has 0 atom stereocenters. The van der Waals surface area contributed by atoms with Crippen molar-refractivity contribution in [3.63, 3.8) is 0 Å². The molecule has 2 heterocycles. The van der Waals surface area contributed by atoms with Crippen LogP contribution >= 0.6 is 11.8 Å². The van der Waals surface area contributed by atoms with Crippen molar-refractivity contribution >= 4 is 63.5 Å². The monoisotopic (exact) mass is 647 g/mol. The predicted molar refractivity (Wildman–Crippen MR) is 171 cm³/mol. The Hall–Kier alpha value is -5.41. The second-order valence-electron chi connectivity index (χ2n) is 10.0. The fraction of sp³-hybridized carbons (Fsp3) is 0.226. The predicted octanol–water partition coefficient (Wildman–Crippen LogP) is 4.13. The lowest BCUT2D eigenvalue weighted by Gasteiger charge is -2.28. The molecule has 0 radical (unpaired) electrons. The lowest BCUT2D eigenvalue weighted by molar-refractivity contribution is -0.384. The van der Waals surface area contributed by atoms with Gasteiger partial charge in [0.1, 0.15) is 6.54 Å². The van der Waals surface area contributed by atoms with E-state index in [2.05, 4.69) is 15.5 Å². The molecule has 2 aliphatic rings. The van der Waals surface area contributed by atoms with Crippen molar-refractivity contribution in [1.82, 2.24) is 4.90 Å². The van der Waals surface area contributed by atoms with E-state index in [-0.39, 0.29) is 27.8 Å². The van der Waals surface area contributed by atoms with Crippen molar-refractivity contribution in [2.45, 2.75) is 0 Å². The number of rotatable bonds is 11. The van der Waals surface area contributed by atoms with E-state index in [9.17, 15) is 29.3 Å². The first kappa shape index (κ1) is 32.0. The second-order valence-corrected chi connectivity index (χ2v) is 11.0. The summed E-state index contributed by atoms with van der Waals surface area (Å²) in [6.45, 7) is 2.04. The first-order chi connectivity index (χ1) is 22.2. The van der Waals surface area contributed by atoms with Crippen LogP contribution in [0.4, 0.5) is 27.5 Å². The Morgan fingerprint density at radius 1 is 0.978 bits per heavy atom. The normalized spacial score (nSPS) is 15.5. The number of methoxy groups -OCH3 is 1. The Kier molecular flexibility index (Phi) is 10.1. The topological polar surface area (TPSA) is 170 Å². The minimum Gasteiger partial charge on any atom is -0.493 e. The van der Waals surface area contributed by atoms with Crippen LogP contribution in [-0.2, 0) is 19.1 Å². The van der Waals surface area contributed by atoms with Gasteiger partial charge in [-0.2, -0.15) is 0 Å². The molecule has 0 spiro atoms. The number of non-ortho nitro benzene ring substituents is 1. The van der Waals surface area contributed by atoms with E-state index in [4.69, 9.17) is 14.2 Å². The van der Waals surface area contributed by atoms with Gasteiger partial charge in [0.25, 0.3) is 22.7 Å². The summed E-state index contributed by atoms with van der Waals surface area (Å²) < 4.78 is 16.3. The van der Waals surface area contributed by atoms with Crippen LogP contribution in [0.2, 0.25) is 0 Å². The molecule has 46 heavy (non-hydrogen) atoms. The van der Waals surface area contributed by atoms with Gasteiger partial charge in [-0.15, -0.1) is 0 Å². The summed E-state index contributed by atoms with van der Waals surface area (Å²) in [5.41, 5.74) is 2.15. The number of nitro benzene ring substituents is 1. The van der Waals surface area contributed by atoms with Crippen LogP contribution in [0.1, 0.15) is 5.56 Å². The summed E-state index contributed by atoms with van der Waals surface area (Å²) in [7, 11) is 1.40. The number of nitro groups is 1. The van der Waals surface area contributed by atoms with Gasteiger partial charge in [-0.25, -0.2) is 0 Å². The third-order valence-electron chi connectivity index (χ3n) is 6.89. The van der Waals surface area contributed by atoms with Crippen LogP contribution in [-0.4, -0.2) is 79.3 Å². The molecular weight excluding hydrogens is 618 g/mol. The average molecular weight is 648 g/mol. The summed E-state index contributed by atoms with van der Waals surface area (Å²) >= 11 is 0.714. The van der Waals surface area contributed by atoms with Gasteiger partial charge in [0.05, 0.1) is 30.2 Å². The van der Waals surface area contributed by atoms with E-state index in [1.807, 2.05) is 12.1 Å². The fourth-order valence-corrected chi connectivity index (χ4v) is 5.48. The van der Waals surface area contributed by atoms with E-state index in [0.29, 0.717) is 36.2 Å². The Bertz CT molecular complexity index is 1690. The van der Waals surface area contributed by atoms with Gasteiger partial charge >= 0.3 is 0 Å². The molecule has 14 nitrogen and oxygen atoms in total. The molecule has 5 rings (SSSR count). The number of carbonyl (C=O) groups excluding carboxylic acids is 4. The zero-order chi connectivity index (χ0) is 32.6. The highest BCUT2D eigenvalue weighted by Gasteiger charge is 2.36. The summed E-state index contributed by atoms with van der Waals surface area (Å²) in [5, 5.41) is 15.6. The number of thioether (sulfide) groups is 1. The van der Waals surface area contributed by atoms with E-state index >= 15 is 0 Å². The van der Waals surface area contributed by atoms with Crippen molar-refractivity contribution in [3.8, 4) is 11.5 Å². The van der Waals surface area contributed by atoms with Crippen LogP contribution < -0.4 is 25.0 Å². The second kappa shape index (κ2) is 14.6. The summed E-state index contributed by atoms with van der Waals surface area (Å²) in [6.07, 6.45) is 1.49. The number of ether oxygens (including phenoxy) is 3. The Labute approximate surface area is 267 Å². The van der Waals surface area contributed by atoms with Gasteiger partial charge in [-0.3, -0.25) is 34.2 Å². The molecule has 2 aliphatic heterocycles. The zero-order valence-corrected chi connectivity index (χ0v) is 25.4. The van der Waals surface area contributed by atoms with Crippen molar-refractivity contribution in [2.75, 3.05) is 62.1 Å². The third-order valence-corrected chi connectivity index (χ3v) is 7.79. The van der Waals surface area contributed by atoms with E-state index in [1.54, 1.807) is 24.3 Å². The number of benzene rings is 3. The van der Waals surface area contributed by atoms with Crippen LogP contribution in [0.5, 0.6) is 11.5 Å². The van der Waals surface area contributed by atoms with Gasteiger partial charge in [0.15, 0.2) is 18.1 Å². The summed E-state index contributed by atoms with van der Waals surface area (Å²) in [5.74, 6) is -1.17. The third kappa shape index (κ3) is 7.99. The number of morpholine rings is 1. The van der Waals surface area contributed by atoms with Crippen molar-refractivity contribution in [2.24, 2.45) is 0 Å². The number of nitrogens with one attached hydrogen (secondary N) is 2. The number of carbonyl (C=O) groups is 4. The first-order valence-electron chi connectivity index (χ1n) is 14.0. The SMILES string of the molecule is COc1cc(/C=C2\SC(=O)N(CC(=O)Nc3ccc(N4CCOCC4)cc3)C2=O)ccc1OCC(=O)Nc1cccc([N+](=O)[O-])c1. The quantitative estimate of drug-likeness (QED) is 0.174. The molecule has 0 unspecified atom stereocenters. The number of hydrogen-bond donors (Lipinski definition) is 2. The molecule has 15 heteroatoms. The fourth-order valence-electron chi connectivity index (χ4n) is 4.64. The Morgan fingerprint density at radius 3 is 2.43 bits per heavy atom. The van der Waals surface area contributed by atoms with E-state index in [0.717, 1.165) is 23.7 Å². The molecule has 0 aliphatic carbocycles. The lowest BCUT2D eigenvalue weighted by atomic mass is 10.2. The van der Waals surface area contributed by atoms with Crippen molar-refractivity contribution < 1.29 is 38.3 Å². The maximum atomic E-state index is 13.0. The smallest absolute Gasteiger partial charge is 0.294 e. The molecule has 2 saturated heterocycles. The van der Waals surface area contributed by atoms with Gasteiger partial charge in [-0.1, -0.05) is 12.1 Å². The summed E-state index contributed by atoms with van der Waals surface area (Å²) in [6, 6.07) is 17.5. The first-order valence-corrected chi connectivity index (χ1v) is 14.8. The molecule has 0 bridgehead atoms. The van der Waals surface area contributed by atoms with Crippen LogP contribution in [0.3, 0.4) is 0 Å². The van der Waals surface area contributed by atoms with E-state index in [1.165, 1.54) is 43.5 Å². The molecule has 0 aromatic heterocycles. The molecule has 3 aromatic carbocycles. The maximum Gasteiger partial charge on any atom is 0.294 e. The number of amides is 4. The Morgan fingerprint density at radius 2 is 1.72 bits per heavy atom. The molecule has 238 valence electrons. The van der Waals surface area contributed by atoms with Gasteiger partial charge in [0, 0.05) is 42.3 Å². The van der Waals surface area contributed by atoms with Crippen LogP contribution in [0.25, 0.3) is 6.08 Å². The molecule has 2 fully saturated rings. The molecule has 2 N–H and O–H groups in total. The van der Waals surface area contributed by atoms with Crippen LogP contribution in [0, 0.1) is 10.1 Å². The molecular formula is C31H29N5O9S. The molecule has 0 saturated carbocycles. The molecule has 4 amide bonds. The number of anilines is 3. The molecule has 3 aromatic rings. The zero-order valence-electron chi connectivity index (χ0n) is 24.6. The minimum absolute atomic E-state index is 0.125. The largest absolute Gasteiger partial charge is 0.493 e. The van der Waals surface area contributed by atoms with E-state index < -0.39 is 41.0 Å². The number of hydrogen-bond acceptors (Lipinski definition) is 11. The summed E-state index contributed by atoms with van der Waals surface area (Å²) in [4.78, 5) is 64.2. The van der Waals surface area contributed by atoms with Gasteiger partial charge in [-0.05, 0) is 65.9 Å². The maximum absolute atomic E-state index is 13.0. The highest BCUT2D eigenvalue weighted by molar-refractivity contribution is 8.18. The minimum atomic E-state index is -0.607. The van der Waals surface area contributed by atoms with Crippen molar-refractivity contribution in [3.05, 3.63) is 87.3 Å². The highest BCUT2D eigenvalue weighted by Crippen LogP contribution is 2.34. The number of imide groups is 1. The average Bonchev–Trinajstić information content (AvgIpc) is 3.31. The Balaban J connectivity index is 1.16. The highest BCUT2D eigenvalue weighted by atomic mass is 32.2. The van der Waals surface area contributed by atoms with Gasteiger partial charge in [0.2, 0.25) is 5.91 Å². The van der Waals surface area contributed by atoms with Gasteiger partial charge < -0.3 is 29.7 Å². The standard InChI is InChI=1S/C31H29N5O9S/c1-43-26-15-20(5-10-25(26)45-19-29(38)33-22-3-2-4-24(17-22)36(41)42)16-27-30(39)35(31(40)46-27)18-28(37)32-21-6-8-23(9-7-21)34-11-13-44-14-12-34/h2-10,15-17H,11-14,18-19H2,1H3,(H,32,37)(H,33,38)/b27-16-. The van der Waals surface area contributed by atoms with Crippen LogP contribution in [0.15, 0.2) is 71.6 Å². The van der Waals surface area contributed by atoms with Crippen molar-refractivity contribution in [1.29, 1.82) is 0 Å². The lowest BCUT2D eigenvalue weighted by Crippen LogP contribution is -2.36. The number of nitrogens with zero attached hydrogens (tertiary/aromatic N) is 3.